The van der Waals surface area contributed by atoms with E-state index in [0.29, 0.717) is 0 Å². The minimum Gasteiger partial charge on any atom is -0.144 e. The van der Waals surface area contributed by atoms with Crippen molar-refractivity contribution in [1.82, 2.24) is 0 Å². The summed E-state index contributed by atoms with van der Waals surface area (Å²) in [5.41, 5.74) is 26.7. The van der Waals surface area contributed by atoms with Gasteiger partial charge in [0.15, 0.2) is 0 Å². The second-order valence-corrected chi connectivity index (χ2v) is 56.0. The van der Waals surface area contributed by atoms with Crippen molar-refractivity contribution in [2.75, 3.05) is 0 Å². The highest BCUT2D eigenvalue weighted by Crippen LogP contribution is 2.44. The number of unbranched alkanes of at least 4 members (excludes halogenated alkanes) is 11. The van der Waals surface area contributed by atoms with Gasteiger partial charge in [-0.15, -0.1) is 102 Å². The van der Waals surface area contributed by atoms with Crippen LogP contribution in [-0.2, 0) is 32.1 Å². The Balaban J connectivity index is 0.000000130. The summed E-state index contributed by atoms with van der Waals surface area (Å²) in [5, 5.41) is 36.7. The molecule has 0 N–H and O–H groups in total. The standard InChI is InChI=1S/C38H42S2Si2.C34H38S2.C30H30S2.C28H26S2/c1-7-41(8-2,9-3)25-21-33-31-19-17-30(38-16-14-24-40-38)28-36(31)34(22-26-42(10-4,11-5)12-6)32-20-18-29(27-35(32)33)37-15-13-23-39-37;1-3-5-7-9-11-25-17-33(35-23-25)29-15-13-27-20-32-22-30(16-14-28(32)19-31(27)21-29)34-18-26(24-36-34)12-10-8-6-4-2;1-3-5-7-21-13-29(31-19-21)25-11-9-23-16-28-18-26(12-10-24(28)15-27(23)17-25)30-14-22(20-32-30)8-6-4-2;1-2-3-4-5-7-26-13-14-28(30-26)23-12-10-21-16-24-18-22(27-8-6-15-29-27)11-9-20(24)17-25(21)19-23/h13-20,23-24,27-28H,7-12H2,1-6H3;13-24H,3-12H2,1-2H3;9-20H,3-8H2,1-2H3;6,8-19H,2-5,7H2,1H3. The van der Waals surface area contributed by atoms with Gasteiger partial charge in [-0.25, -0.2) is 0 Å². The topological polar surface area (TPSA) is 0 Å². The summed E-state index contributed by atoms with van der Waals surface area (Å²) in [6, 6.07) is 104. The van der Waals surface area contributed by atoms with Crippen LogP contribution in [0.5, 0.6) is 0 Å². The Hall–Kier alpha value is -10.1. The lowest BCUT2D eigenvalue weighted by Crippen LogP contribution is -2.29. The molecule has 0 bridgehead atoms. The fourth-order valence-corrected chi connectivity index (χ4v) is 31.6. The Bertz CT molecular complexity index is 7280. The van der Waals surface area contributed by atoms with Gasteiger partial charge in [0.1, 0.15) is 16.1 Å². The van der Waals surface area contributed by atoms with Crippen molar-refractivity contribution in [1.29, 1.82) is 0 Å². The predicted octanol–water partition coefficient (Wildman–Crippen LogP) is 43.7. The highest BCUT2D eigenvalue weighted by molar-refractivity contribution is 7.16. The molecule has 8 aromatic heterocycles. The third-order valence-corrected chi connectivity index (χ3v) is 46.6. The molecule has 0 unspecified atom stereocenters. The molecule has 0 nitrogen and oxygen atoms in total. The molecule has 0 atom stereocenters. The number of hydrogen-bond donors (Lipinski definition) is 0. The van der Waals surface area contributed by atoms with Crippen LogP contribution < -0.4 is 0 Å². The molecule has 0 aliphatic rings. The lowest BCUT2D eigenvalue weighted by atomic mass is 9.90. The number of aryl methyl sites for hydroxylation is 5. The number of thiophene rings is 8. The zero-order valence-corrected chi connectivity index (χ0v) is 92.7. The number of benzene rings is 12. The van der Waals surface area contributed by atoms with Crippen molar-refractivity contribution in [3.8, 4) is 106 Å². The maximum Gasteiger partial charge on any atom is 0.138 e. The molecule has 140 heavy (non-hydrogen) atoms. The van der Waals surface area contributed by atoms with Crippen LogP contribution in [0.2, 0.25) is 36.3 Å². The van der Waals surface area contributed by atoms with Crippen LogP contribution in [-0.4, -0.2) is 16.1 Å². The molecule has 712 valence electrons. The van der Waals surface area contributed by atoms with Crippen molar-refractivity contribution >= 4 is 193 Å². The summed E-state index contributed by atoms with van der Waals surface area (Å²) in [6.45, 7) is 25.4. The van der Waals surface area contributed by atoms with E-state index in [0.717, 1.165) is 0 Å². The second-order valence-electron chi connectivity index (χ2n) is 38.5. The second kappa shape index (κ2) is 49.2. The van der Waals surface area contributed by atoms with Crippen LogP contribution in [0.4, 0.5) is 0 Å². The van der Waals surface area contributed by atoms with Gasteiger partial charge in [0.25, 0.3) is 0 Å². The van der Waals surface area contributed by atoms with Crippen LogP contribution in [0.25, 0.3) is 170 Å². The van der Waals surface area contributed by atoms with Gasteiger partial charge in [-0.05, 0) is 431 Å². The van der Waals surface area contributed by atoms with Crippen molar-refractivity contribution in [3.05, 3.63) is 331 Å². The molecule has 0 amide bonds. The Morgan fingerprint density at radius 2 is 0.479 bits per heavy atom. The molecule has 0 aliphatic heterocycles. The fraction of sp³-hybridized carbons (Fsp3) is 0.292. The summed E-state index contributed by atoms with van der Waals surface area (Å²) in [5.74, 6) is 7.72. The zero-order chi connectivity index (χ0) is 96.7. The maximum absolute atomic E-state index is 3.95. The van der Waals surface area contributed by atoms with Gasteiger partial charge < -0.3 is 0 Å². The van der Waals surface area contributed by atoms with E-state index in [-0.39, 0.29) is 0 Å². The van der Waals surface area contributed by atoms with Gasteiger partial charge in [0.05, 0.1) is 0 Å². The summed E-state index contributed by atoms with van der Waals surface area (Å²) < 4.78 is 0. The Labute approximate surface area is 869 Å². The van der Waals surface area contributed by atoms with Gasteiger partial charge in [-0.3, -0.25) is 0 Å². The van der Waals surface area contributed by atoms with E-state index in [1.165, 1.54) is 379 Å². The highest BCUT2D eigenvalue weighted by atomic mass is 32.1. The average Bonchev–Trinajstić information content (AvgIpc) is 1.15. The van der Waals surface area contributed by atoms with E-state index < -0.39 is 16.1 Å². The first-order valence-corrected chi connectivity index (χ1v) is 64.5. The van der Waals surface area contributed by atoms with E-state index in [9.17, 15) is 0 Å². The summed E-state index contributed by atoms with van der Waals surface area (Å²) in [7, 11) is -3.29. The van der Waals surface area contributed by atoms with Crippen LogP contribution in [0, 0.1) is 22.9 Å². The Morgan fingerprint density at radius 1 is 0.207 bits per heavy atom. The molecule has 8 heterocycles. The first kappa shape index (κ1) is 101. The third-order valence-electron chi connectivity index (χ3n) is 29.1. The van der Waals surface area contributed by atoms with Crippen LogP contribution in [0.15, 0.2) is 292 Å². The maximum atomic E-state index is 3.95. The number of rotatable bonds is 35. The Morgan fingerprint density at radius 3 is 0.764 bits per heavy atom. The van der Waals surface area contributed by atoms with Gasteiger partial charge in [0.2, 0.25) is 0 Å². The fourth-order valence-electron chi connectivity index (χ4n) is 19.8. The molecule has 0 aliphatic carbocycles. The van der Waals surface area contributed by atoms with Crippen molar-refractivity contribution in [3.63, 3.8) is 0 Å². The molecule has 0 radical (unpaired) electrons. The van der Waals surface area contributed by atoms with Crippen LogP contribution in [0.1, 0.15) is 217 Å². The monoisotopic (exact) mass is 2010 g/mol. The van der Waals surface area contributed by atoms with Gasteiger partial charge in [0, 0.05) is 55.0 Å². The van der Waals surface area contributed by atoms with E-state index in [1.807, 2.05) is 56.7 Å². The quantitative estimate of drug-likeness (QED) is 0.0161. The number of hydrogen-bond acceptors (Lipinski definition) is 8. The summed E-state index contributed by atoms with van der Waals surface area (Å²) >= 11 is 14.9. The van der Waals surface area contributed by atoms with Crippen LogP contribution >= 0.6 is 90.7 Å². The zero-order valence-electron chi connectivity index (χ0n) is 84.1. The molecule has 20 rings (SSSR count). The summed E-state index contributed by atoms with van der Waals surface area (Å²) in [6.07, 6.45) is 27.0. The van der Waals surface area contributed by atoms with Crippen molar-refractivity contribution in [2.24, 2.45) is 0 Å². The van der Waals surface area contributed by atoms with Gasteiger partial charge in [-0.1, -0.05) is 274 Å². The smallest absolute Gasteiger partial charge is 0.138 e. The molecular formula is C130H136S8Si2. The Kier molecular flexibility index (Phi) is 35.7. The molecule has 0 fully saturated rings. The normalized spacial score (nSPS) is 11.6. The SMILES string of the molecule is CCCCCCc1ccc(-c2ccc3cc4cc(-c5cccs5)ccc4cc3c2)s1.CCCCCCc1csc(-c2ccc3cc4cc(-c5cc(CCCCCC)cs5)ccc4cc3c2)c1.CCCCc1csc(-c2ccc3cc4cc(-c5cc(CCCC)cs5)ccc4cc3c2)c1.CC[Si](C#Cc1c2ccc(-c3cccs3)cc2c(C#C[Si](CC)(CC)CC)c2ccc(-c3cccs3)cc12)(CC)CC. The molecular weight excluding hydrogens is 1870 g/mol. The predicted molar refractivity (Wildman–Crippen MR) is 641 cm³/mol. The van der Waals surface area contributed by atoms with Gasteiger partial charge in [-0.2, -0.15) is 0 Å². The molecule has 10 heteroatoms. The van der Waals surface area contributed by atoms with Crippen molar-refractivity contribution < 1.29 is 0 Å². The molecule has 0 saturated heterocycles. The molecule has 0 saturated carbocycles. The third kappa shape index (κ3) is 24.8. The minimum atomic E-state index is -1.64. The van der Waals surface area contributed by atoms with Crippen LogP contribution in [0.3, 0.4) is 0 Å². The molecule has 20 aromatic rings. The minimum absolute atomic E-state index is 1.18. The van der Waals surface area contributed by atoms with E-state index in [1.54, 1.807) is 34.0 Å². The van der Waals surface area contributed by atoms with E-state index >= 15 is 0 Å². The summed E-state index contributed by atoms with van der Waals surface area (Å²) in [4.78, 5) is 12.4. The largest absolute Gasteiger partial charge is 0.144 e. The van der Waals surface area contributed by atoms with E-state index in [4.69, 9.17) is 0 Å². The molecule has 12 aromatic carbocycles. The molecule has 0 spiro atoms. The first-order chi connectivity index (χ1) is 68.7. The van der Waals surface area contributed by atoms with Crippen molar-refractivity contribution in [2.45, 2.75) is 247 Å². The lowest BCUT2D eigenvalue weighted by Gasteiger charge is -2.21. The lowest BCUT2D eigenvalue weighted by molar-refractivity contribution is 0.667. The van der Waals surface area contributed by atoms with Gasteiger partial charge >= 0.3 is 0 Å². The highest BCUT2D eigenvalue weighted by Gasteiger charge is 2.27. The first-order valence-electron chi connectivity index (χ1n) is 52.3. The average molecular weight is 2010 g/mol. The van der Waals surface area contributed by atoms with E-state index in [2.05, 4.69) is 392 Å². The number of fused-ring (bicyclic) bond motifs is 8.